The molecule has 1 aliphatic carbocycles. The number of anilines is 1. The van der Waals surface area contributed by atoms with Gasteiger partial charge in [-0.15, -0.1) is 0 Å². The summed E-state index contributed by atoms with van der Waals surface area (Å²) in [5, 5.41) is 0. The summed E-state index contributed by atoms with van der Waals surface area (Å²) in [6.07, 6.45) is 8.28. The third-order valence-corrected chi connectivity index (χ3v) is 4.65. The molecule has 2 fully saturated rings. The topological polar surface area (TPSA) is 59.2 Å². The molecule has 0 amide bonds. The van der Waals surface area contributed by atoms with E-state index in [1.54, 1.807) is 12.3 Å². The minimum absolute atomic E-state index is 0.192. The van der Waals surface area contributed by atoms with Crippen LogP contribution in [0.4, 0.5) is 5.82 Å². The molecule has 0 bridgehead atoms. The second kappa shape index (κ2) is 4.93. The number of rotatable bonds is 3. The molecule has 4 nitrogen and oxygen atoms in total. The van der Waals surface area contributed by atoms with E-state index in [0.29, 0.717) is 11.4 Å². The molecule has 1 aromatic rings. The monoisotopic (exact) mass is 259 g/mol. The standard InChI is InChI=1S/C15H21N3O/c16-14-12(6-5-9-17-14)13(19)15(7-1-2-8-15)18-10-3-4-11-18/h5-6,9H,1-4,7-8,10-11H2,(H2,16,17). The molecule has 0 spiro atoms. The van der Waals surface area contributed by atoms with E-state index >= 15 is 0 Å². The first kappa shape index (κ1) is 12.6. The quantitative estimate of drug-likeness (QED) is 0.846. The normalized spacial score (nSPS) is 22.7. The van der Waals surface area contributed by atoms with Crippen LogP contribution in [-0.2, 0) is 0 Å². The van der Waals surface area contributed by atoms with Crippen molar-refractivity contribution < 1.29 is 4.79 Å². The summed E-state index contributed by atoms with van der Waals surface area (Å²) in [6, 6.07) is 3.62. The molecule has 0 unspecified atom stereocenters. The number of Topliss-reactive ketones (excluding diaryl/α,β-unsaturated/α-hetero) is 1. The molecule has 1 saturated carbocycles. The summed E-state index contributed by atoms with van der Waals surface area (Å²) in [4.78, 5) is 19.5. The smallest absolute Gasteiger partial charge is 0.186 e. The lowest BCUT2D eigenvalue weighted by molar-refractivity contribution is 0.0627. The number of carbonyl (C=O) groups is 1. The van der Waals surface area contributed by atoms with Crippen molar-refractivity contribution in [1.82, 2.24) is 9.88 Å². The van der Waals surface area contributed by atoms with Gasteiger partial charge in [-0.05, 0) is 50.9 Å². The van der Waals surface area contributed by atoms with Crippen LogP contribution in [0.1, 0.15) is 48.9 Å². The van der Waals surface area contributed by atoms with Crippen molar-refractivity contribution >= 4 is 11.6 Å². The first-order valence-corrected chi connectivity index (χ1v) is 7.24. The number of carbonyl (C=O) groups excluding carboxylic acids is 1. The van der Waals surface area contributed by atoms with Crippen LogP contribution in [-0.4, -0.2) is 34.3 Å². The van der Waals surface area contributed by atoms with Gasteiger partial charge in [0.2, 0.25) is 0 Å². The van der Waals surface area contributed by atoms with Crippen LogP contribution in [0.2, 0.25) is 0 Å². The van der Waals surface area contributed by atoms with Gasteiger partial charge in [-0.1, -0.05) is 12.8 Å². The summed E-state index contributed by atoms with van der Waals surface area (Å²) in [5.74, 6) is 0.565. The van der Waals surface area contributed by atoms with Crippen molar-refractivity contribution in [3.63, 3.8) is 0 Å². The summed E-state index contributed by atoms with van der Waals surface area (Å²) in [5.41, 5.74) is 6.21. The van der Waals surface area contributed by atoms with Crippen LogP contribution >= 0.6 is 0 Å². The lowest BCUT2D eigenvalue weighted by atomic mass is 9.86. The molecule has 3 rings (SSSR count). The van der Waals surface area contributed by atoms with Crippen molar-refractivity contribution in [3.8, 4) is 0 Å². The van der Waals surface area contributed by atoms with Gasteiger partial charge < -0.3 is 5.73 Å². The Morgan fingerprint density at radius 2 is 1.89 bits per heavy atom. The zero-order valence-corrected chi connectivity index (χ0v) is 11.3. The summed E-state index contributed by atoms with van der Waals surface area (Å²) < 4.78 is 0. The highest BCUT2D eigenvalue weighted by molar-refractivity contribution is 6.06. The van der Waals surface area contributed by atoms with Crippen molar-refractivity contribution in [3.05, 3.63) is 23.9 Å². The number of hydrogen-bond donors (Lipinski definition) is 1. The van der Waals surface area contributed by atoms with E-state index in [1.165, 1.54) is 12.8 Å². The van der Waals surface area contributed by atoms with Gasteiger partial charge in [-0.2, -0.15) is 0 Å². The molecule has 102 valence electrons. The van der Waals surface area contributed by atoms with Gasteiger partial charge in [0.1, 0.15) is 5.82 Å². The fourth-order valence-corrected chi connectivity index (χ4v) is 3.65. The number of nitrogens with zero attached hydrogens (tertiary/aromatic N) is 2. The average molecular weight is 259 g/mol. The molecule has 4 heteroatoms. The number of likely N-dealkylation sites (tertiary alicyclic amines) is 1. The van der Waals surface area contributed by atoms with E-state index in [2.05, 4.69) is 9.88 Å². The zero-order chi connectivity index (χ0) is 13.3. The predicted octanol–water partition coefficient (Wildman–Crippen LogP) is 2.26. The second-order valence-electron chi connectivity index (χ2n) is 5.70. The highest BCUT2D eigenvalue weighted by Crippen LogP contribution is 2.40. The molecule has 1 saturated heterocycles. The van der Waals surface area contributed by atoms with Gasteiger partial charge in [0, 0.05) is 6.20 Å². The minimum atomic E-state index is -0.298. The molecule has 2 heterocycles. The van der Waals surface area contributed by atoms with Gasteiger partial charge >= 0.3 is 0 Å². The van der Waals surface area contributed by atoms with E-state index in [4.69, 9.17) is 5.73 Å². The van der Waals surface area contributed by atoms with Gasteiger partial charge in [0.25, 0.3) is 0 Å². The molecule has 1 aliphatic heterocycles. The second-order valence-corrected chi connectivity index (χ2v) is 5.70. The Bertz CT molecular complexity index is 474. The van der Waals surface area contributed by atoms with Crippen LogP contribution in [0, 0.1) is 0 Å². The van der Waals surface area contributed by atoms with E-state index in [0.717, 1.165) is 38.8 Å². The predicted molar refractivity (Wildman–Crippen MR) is 75.0 cm³/mol. The Hall–Kier alpha value is -1.42. The van der Waals surface area contributed by atoms with Crippen molar-refractivity contribution in [2.45, 2.75) is 44.1 Å². The minimum Gasteiger partial charge on any atom is -0.383 e. The van der Waals surface area contributed by atoms with Gasteiger partial charge in [0.15, 0.2) is 5.78 Å². The van der Waals surface area contributed by atoms with Crippen LogP contribution < -0.4 is 5.73 Å². The summed E-state index contributed by atoms with van der Waals surface area (Å²) >= 11 is 0. The fourth-order valence-electron chi connectivity index (χ4n) is 3.65. The largest absolute Gasteiger partial charge is 0.383 e. The van der Waals surface area contributed by atoms with Crippen LogP contribution in [0.3, 0.4) is 0 Å². The molecule has 0 aromatic carbocycles. The lowest BCUT2D eigenvalue weighted by Gasteiger charge is -2.37. The number of nitrogen functional groups attached to an aromatic ring is 1. The Morgan fingerprint density at radius 1 is 1.21 bits per heavy atom. The maximum Gasteiger partial charge on any atom is 0.186 e. The molecule has 0 atom stereocenters. The Kier molecular flexibility index (Phi) is 3.27. The maximum atomic E-state index is 13.0. The Balaban J connectivity index is 1.96. The number of hydrogen-bond acceptors (Lipinski definition) is 4. The molecular formula is C15H21N3O. The Morgan fingerprint density at radius 3 is 2.53 bits per heavy atom. The van der Waals surface area contributed by atoms with Crippen LogP contribution in [0.5, 0.6) is 0 Å². The van der Waals surface area contributed by atoms with Crippen molar-refractivity contribution in [2.24, 2.45) is 0 Å². The van der Waals surface area contributed by atoms with E-state index in [9.17, 15) is 4.79 Å². The summed E-state index contributed by atoms with van der Waals surface area (Å²) in [6.45, 7) is 2.10. The van der Waals surface area contributed by atoms with Gasteiger partial charge in [0.05, 0.1) is 11.1 Å². The number of ketones is 1. The SMILES string of the molecule is Nc1ncccc1C(=O)C1(N2CCCC2)CCCC1. The van der Waals surface area contributed by atoms with Crippen LogP contribution in [0.25, 0.3) is 0 Å². The average Bonchev–Trinajstić information content (AvgIpc) is 3.10. The molecule has 1 aromatic heterocycles. The molecule has 19 heavy (non-hydrogen) atoms. The summed E-state index contributed by atoms with van der Waals surface area (Å²) in [7, 11) is 0. The zero-order valence-electron chi connectivity index (χ0n) is 11.3. The fraction of sp³-hybridized carbons (Fsp3) is 0.600. The third kappa shape index (κ3) is 2.04. The van der Waals surface area contributed by atoms with E-state index in [1.807, 2.05) is 6.07 Å². The van der Waals surface area contributed by atoms with Crippen molar-refractivity contribution in [2.75, 3.05) is 18.8 Å². The molecular weight excluding hydrogens is 238 g/mol. The van der Waals surface area contributed by atoms with E-state index in [-0.39, 0.29) is 11.3 Å². The van der Waals surface area contributed by atoms with Crippen molar-refractivity contribution in [1.29, 1.82) is 0 Å². The maximum absolute atomic E-state index is 13.0. The molecule has 0 radical (unpaired) electrons. The number of aromatic nitrogens is 1. The third-order valence-electron chi connectivity index (χ3n) is 4.65. The Labute approximate surface area is 114 Å². The van der Waals surface area contributed by atoms with E-state index < -0.39 is 0 Å². The highest BCUT2D eigenvalue weighted by atomic mass is 16.1. The van der Waals surface area contributed by atoms with Crippen LogP contribution in [0.15, 0.2) is 18.3 Å². The number of nitrogens with two attached hydrogens (primary N) is 1. The van der Waals surface area contributed by atoms with Gasteiger partial charge in [-0.3, -0.25) is 9.69 Å². The first-order valence-electron chi connectivity index (χ1n) is 7.24. The number of pyridine rings is 1. The molecule has 2 aliphatic rings. The highest BCUT2D eigenvalue weighted by Gasteiger charge is 2.47. The lowest BCUT2D eigenvalue weighted by Crippen LogP contribution is -2.51. The molecule has 2 N–H and O–H groups in total. The first-order chi connectivity index (χ1) is 9.24. The van der Waals surface area contributed by atoms with Gasteiger partial charge in [-0.25, -0.2) is 4.98 Å².